The number of Topliss-reactive ketones (excluding diaryl/α,β-unsaturated/α-hetero) is 1. The van der Waals surface area contributed by atoms with Gasteiger partial charge in [-0.25, -0.2) is 25.3 Å². The summed E-state index contributed by atoms with van der Waals surface area (Å²) in [6.07, 6.45) is 3.23. The highest BCUT2D eigenvalue weighted by Crippen LogP contribution is 2.36. The lowest BCUT2D eigenvalue weighted by Crippen LogP contribution is -2.12. The van der Waals surface area contributed by atoms with Gasteiger partial charge in [-0.3, -0.25) is 4.79 Å². The van der Waals surface area contributed by atoms with Crippen LogP contribution in [0.3, 0.4) is 0 Å². The van der Waals surface area contributed by atoms with Gasteiger partial charge in [-0.1, -0.05) is 278 Å². The molecule has 3 unspecified atom stereocenters. The van der Waals surface area contributed by atoms with E-state index in [-0.39, 0.29) is 65.5 Å². The Balaban J connectivity index is 0.000000159. The Hall–Kier alpha value is -12.1. The smallest absolute Gasteiger partial charge is 0.200 e. The molecule has 20 heteroatoms. The highest BCUT2D eigenvalue weighted by atomic mass is 32.2. The molecule has 0 bridgehead atoms. The van der Waals surface area contributed by atoms with Gasteiger partial charge in [0, 0.05) is 11.6 Å². The Morgan fingerprint density at radius 2 is 0.520 bits per heavy atom. The molecule has 15 aromatic rings. The molecular formula is C107H104O14S6. The Labute approximate surface area is 758 Å². The first-order chi connectivity index (χ1) is 61.4. The van der Waals surface area contributed by atoms with Gasteiger partial charge >= 0.3 is 0 Å². The number of benzene rings is 15. The second-order valence-electron chi connectivity index (χ2n) is 29.2. The predicted octanol–water partition coefficient (Wildman–Crippen LogP) is 25.1. The van der Waals surface area contributed by atoms with Crippen LogP contribution < -0.4 is 18.9 Å². The van der Waals surface area contributed by atoms with Gasteiger partial charge in [0.25, 0.3) is 0 Å². The average Bonchev–Trinajstić information content (AvgIpc) is 0.827. The molecular weight excluding hydrogens is 1700 g/mol. The molecule has 0 N–H and O–H groups in total. The molecule has 127 heavy (non-hydrogen) atoms. The van der Waals surface area contributed by atoms with Crippen LogP contribution in [-0.4, -0.2) is 58.4 Å². The van der Waals surface area contributed by atoms with Crippen molar-refractivity contribution >= 4 is 68.8 Å². The number of methoxy groups -OCH3 is 1. The molecule has 0 fully saturated rings. The summed E-state index contributed by atoms with van der Waals surface area (Å²) in [5.74, 6) is 3.16. The van der Waals surface area contributed by atoms with Crippen LogP contribution in [-0.2, 0) is 76.3 Å². The number of ketones is 1. The van der Waals surface area contributed by atoms with Crippen molar-refractivity contribution in [2.24, 2.45) is 0 Å². The minimum Gasteiger partial charge on any atom is -0.744 e. The van der Waals surface area contributed by atoms with Crippen molar-refractivity contribution < 1.29 is 62.7 Å². The molecule has 0 spiro atoms. The van der Waals surface area contributed by atoms with Crippen molar-refractivity contribution in [2.45, 2.75) is 151 Å². The Kier molecular flexibility index (Phi) is 38.1. The first kappa shape index (κ1) is 97.2. The molecule has 15 rings (SSSR count). The van der Waals surface area contributed by atoms with Gasteiger partial charge in [0.15, 0.2) is 67.9 Å². The van der Waals surface area contributed by atoms with Gasteiger partial charge in [0.1, 0.15) is 55.1 Å². The van der Waals surface area contributed by atoms with Crippen molar-refractivity contribution in [3.05, 3.63) is 446 Å². The third-order valence-electron chi connectivity index (χ3n) is 20.4. The lowest BCUT2D eigenvalue weighted by Gasteiger charge is -2.14. The normalized spacial score (nSPS) is 11.8. The summed E-state index contributed by atoms with van der Waals surface area (Å²) in [6, 6.07) is 135. The minimum atomic E-state index is -4.52. The van der Waals surface area contributed by atoms with Gasteiger partial charge in [-0.15, -0.1) is 0 Å². The van der Waals surface area contributed by atoms with Crippen molar-refractivity contribution in [2.75, 3.05) is 13.7 Å². The Morgan fingerprint density at radius 3 is 0.780 bits per heavy atom. The first-order valence-corrected chi connectivity index (χ1v) is 49.4. The minimum absolute atomic E-state index is 0.0146. The second-order valence-corrected chi connectivity index (χ2v) is 39.4. The zero-order valence-electron chi connectivity index (χ0n) is 71.9. The summed E-state index contributed by atoms with van der Waals surface area (Å²) in [6.45, 7) is 13.4. The standard InChI is InChI=1S/C18H22O5S.C18H20O5S.3C18H15S.C17H20O4S/c1-4-13(2)15-7-5-14(6-8-15)12-23-17-10-9-16(24(19,20)21)11-18(17)22-3;1-3-13(2)14-4-8-16(9-5-14)23-12-18(19)15-6-10-17(11-7-15)24(20,21)22;3*1-4-10-16(11-5-1)19(17-12-6-2-7-13-17)18-14-8-3-9-15-18;1-3-13(2)15-6-8-16(9-7-15)21-12-14-4-10-17(11-5-14)22(18,19)20/h5-11,13H,4,12H2,1-3H3,(H,19,20,21);4-11,13H,3,12H2,1-2H3,(H,20,21,22);3*1-15H;4-11,13H,3,12H2,1-2H3,(H,18,19,20)/q;;3*+1;/p-3. The molecule has 14 nitrogen and oxygen atoms in total. The second kappa shape index (κ2) is 49.7. The molecule has 0 saturated carbocycles. The molecule has 0 aliphatic heterocycles. The highest BCUT2D eigenvalue weighted by Gasteiger charge is 2.31. The fourth-order valence-corrected chi connectivity index (χ4v) is 20.4. The molecule has 0 radical (unpaired) electrons. The van der Waals surface area contributed by atoms with Gasteiger partial charge in [0.2, 0.25) is 0 Å². The van der Waals surface area contributed by atoms with E-state index < -0.39 is 30.4 Å². The van der Waals surface area contributed by atoms with E-state index >= 15 is 0 Å². The van der Waals surface area contributed by atoms with Crippen molar-refractivity contribution in [1.82, 2.24) is 0 Å². The number of rotatable bonds is 29. The number of hydrogen-bond acceptors (Lipinski definition) is 14. The van der Waals surface area contributed by atoms with Gasteiger partial charge in [-0.05, 0) is 235 Å². The van der Waals surface area contributed by atoms with Gasteiger partial charge in [-0.2, -0.15) is 0 Å². The predicted molar refractivity (Wildman–Crippen MR) is 508 cm³/mol. The molecule has 0 saturated heterocycles. The first-order valence-electron chi connectivity index (χ1n) is 41.5. The molecule has 15 aromatic carbocycles. The van der Waals surface area contributed by atoms with Crippen LogP contribution in [0.25, 0.3) is 0 Å². The van der Waals surface area contributed by atoms with Crippen LogP contribution in [0.2, 0.25) is 0 Å². The van der Waals surface area contributed by atoms with E-state index in [9.17, 15) is 43.7 Å². The summed E-state index contributed by atoms with van der Waals surface area (Å²) < 4.78 is 120. The number of carbonyl (C=O) groups is 1. The topological polar surface area (TPSA) is 226 Å². The molecule has 0 amide bonds. The molecule has 0 aromatic heterocycles. The van der Waals surface area contributed by atoms with Crippen molar-refractivity contribution in [3.63, 3.8) is 0 Å². The summed E-state index contributed by atoms with van der Waals surface area (Å²) in [5.41, 5.74) is 5.86. The number of hydrogen-bond donors (Lipinski definition) is 0. The zero-order valence-corrected chi connectivity index (χ0v) is 76.8. The maximum absolute atomic E-state index is 12.0. The quantitative estimate of drug-likeness (QED) is 0.0241. The Bertz CT molecular complexity index is 5550. The van der Waals surface area contributed by atoms with Crippen LogP contribution in [0.1, 0.15) is 117 Å². The van der Waals surface area contributed by atoms with Crippen LogP contribution in [0.15, 0.2) is 471 Å². The summed E-state index contributed by atoms with van der Waals surface area (Å²) in [5, 5.41) is 0. The fourth-order valence-electron chi connectivity index (χ4n) is 12.7. The maximum atomic E-state index is 12.0. The van der Waals surface area contributed by atoms with E-state index in [1.807, 2.05) is 48.5 Å². The van der Waals surface area contributed by atoms with Crippen molar-refractivity contribution in [1.29, 1.82) is 0 Å². The fraction of sp³-hybridized carbons (Fsp3) is 0.150. The van der Waals surface area contributed by atoms with Gasteiger partial charge < -0.3 is 32.6 Å². The molecule has 3 atom stereocenters. The Morgan fingerprint density at radius 1 is 0.283 bits per heavy atom. The van der Waals surface area contributed by atoms with Crippen LogP contribution in [0.4, 0.5) is 0 Å². The zero-order chi connectivity index (χ0) is 90.4. The monoisotopic (exact) mass is 1800 g/mol. The number of carbonyl (C=O) groups excluding carboxylic acids is 1. The largest absolute Gasteiger partial charge is 0.744 e. The van der Waals surface area contributed by atoms with Crippen LogP contribution in [0, 0.1) is 0 Å². The SMILES string of the molecule is CCC(C)c1ccc(COc2ccc(S(=O)(=O)[O-])cc2OC)cc1.CCC(C)c1ccc(OCC(=O)c2ccc(S(=O)(=O)[O-])cc2)cc1.CCC(C)c1ccc(OCc2ccc(S(=O)(=O)[O-])cc2)cc1.c1ccc([S+](c2ccccc2)c2ccccc2)cc1.c1ccc([S+](c2ccccc2)c2ccccc2)cc1.c1ccc([S+](c2ccccc2)c2ccccc2)cc1. The van der Waals surface area contributed by atoms with Crippen LogP contribution in [0.5, 0.6) is 23.0 Å². The highest BCUT2D eigenvalue weighted by molar-refractivity contribution is 7.97. The maximum Gasteiger partial charge on any atom is 0.200 e. The third kappa shape index (κ3) is 30.6. The van der Waals surface area contributed by atoms with E-state index in [1.54, 1.807) is 12.1 Å². The van der Waals surface area contributed by atoms with E-state index in [0.29, 0.717) is 48.0 Å². The summed E-state index contributed by atoms with van der Waals surface area (Å²) in [4.78, 5) is 23.4. The lowest BCUT2D eigenvalue weighted by molar-refractivity contribution is 0.0921. The van der Waals surface area contributed by atoms with Gasteiger partial charge in [0.05, 0.1) is 54.5 Å². The molecule has 652 valence electrons. The van der Waals surface area contributed by atoms with Crippen LogP contribution >= 0.6 is 0 Å². The average molecular weight is 1810 g/mol. The van der Waals surface area contributed by atoms with E-state index in [0.717, 1.165) is 48.3 Å². The molecule has 0 heterocycles. The summed E-state index contributed by atoms with van der Waals surface area (Å²) in [7, 11) is -12.1. The molecule has 0 aliphatic carbocycles. The lowest BCUT2D eigenvalue weighted by atomic mass is 9.98. The van der Waals surface area contributed by atoms with E-state index in [2.05, 4.69) is 339 Å². The van der Waals surface area contributed by atoms with Crippen molar-refractivity contribution in [3.8, 4) is 23.0 Å². The van der Waals surface area contributed by atoms with E-state index in [4.69, 9.17) is 18.9 Å². The third-order valence-corrected chi connectivity index (χ3v) is 29.6. The molecule has 0 aliphatic rings. The summed E-state index contributed by atoms with van der Waals surface area (Å²) >= 11 is 0. The number of ether oxygens (including phenoxy) is 4. The van der Waals surface area contributed by atoms with E-state index in [1.165, 1.54) is 110 Å².